The number of aromatic nitrogens is 3. The van der Waals surface area contributed by atoms with Gasteiger partial charge in [-0.1, -0.05) is 6.07 Å². The van der Waals surface area contributed by atoms with Crippen molar-refractivity contribution in [1.29, 1.82) is 0 Å². The van der Waals surface area contributed by atoms with E-state index in [9.17, 15) is 0 Å². The van der Waals surface area contributed by atoms with Gasteiger partial charge in [-0.05, 0) is 17.9 Å². The van der Waals surface area contributed by atoms with Crippen LogP contribution in [-0.4, -0.2) is 20.9 Å². The van der Waals surface area contributed by atoms with Crippen molar-refractivity contribution in [2.75, 3.05) is 17.6 Å². The number of hydrogen-bond acceptors (Lipinski definition) is 5. The highest BCUT2D eigenvalue weighted by atomic mass is 32.1. The molecule has 0 radical (unpaired) electrons. The van der Waals surface area contributed by atoms with E-state index in [4.69, 9.17) is 5.73 Å². The summed E-state index contributed by atoms with van der Waals surface area (Å²) in [4.78, 5) is 9.89. The summed E-state index contributed by atoms with van der Waals surface area (Å²) < 4.78 is 1.87. The van der Waals surface area contributed by atoms with Crippen molar-refractivity contribution in [3.8, 4) is 0 Å². The Hall–Kier alpha value is -2.08. The Morgan fingerprint density at radius 1 is 1.44 bits per heavy atom. The van der Waals surface area contributed by atoms with E-state index in [-0.39, 0.29) is 0 Å². The summed E-state index contributed by atoms with van der Waals surface area (Å²) in [6, 6.07) is 4.19. The van der Waals surface area contributed by atoms with Crippen molar-refractivity contribution in [2.24, 2.45) is 0 Å². The predicted octanol–water partition coefficient (Wildman–Crippen LogP) is 2.03. The number of nitrogens with one attached hydrogen (secondary N) is 1. The summed E-state index contributed by atoms with van der Waals surface area (Å²) in [7, 11) is 0. The molecule has 0 aromatic carbocycles. The van der Waals surface area contributed by atoms with Crippen molar-refractivity contribution >= 4 is 28.6 Å². The number of nitrogens with two attached hydrogens (primary N) is 1. The predicted molar refractivity (Wildman–Crippen MR) is 73.9 cm³/mol. The fourth-order valence-corrected chi connectivity index (χ4v) is 2.54. The van der Waals surface area contributed by atoms with Crippen LogP contribution in [-0.2, 0) is 6.42 Å². The molecule has 0 bridgehead atoms. The lowest BCUT2D eigenvalue weighted by Gasteiger charge is -2.07. The molecule has 3 rings (SSSR count). The summed E-state index contributed by atoms with van der Waals surface area (Å²) in [6.45, 7) is 0.819. The maximum absolute atomic E-state index is 5.75. The Bertz CT molecular complexity index is 644. The summed E-state index contributed by atoms with van der Waals surface area (Å²) >= 11 is 1.76. The molecule has 18 heavy (non-hydrogen) atoms. The summed E-state index contributed by atoms with van der Waals surface area (Å²) in [5.41, 5.74) is 6.55. The van der Waals surface area contributed by atoms with Gasteiger partial charge in [0.05, 0.1) is 6.20 Å². The maximum atomic E-state index is 5.75. The molecule has 0 aliphatic heterocycles. The number of rotatable bonds is 4. The summed E-state index contributed by atoms with van der Waals surface area (Å²) in [6.07, 6.45) is 6.33. The Labute approximate surface area is 108 Å². The Morgan fingerprint density at radius 3 is 3.22 bits per heavy atom. The molecule has 0 saturated heterocycles. The lowest BCUT2D eigenvalue weighted by molar-refractivity contribution is 1.02. The highest BCUT2D eigenvalue weighted by Gasteiger charge is 2.05. The van der Waals surface area contributed by atoms with Crippen LogP contribution in [0.15, 0.2) is 36.1 Å². The molecule has 0 aliphatic rings. The highest BCUT2D eigenvalue weighted by Crippen LogP contribution is 2.15. The highest BCUT2D eigenvalue weighted by molar-refractivity contribution is 7.09. The van der Waals surface area contributed by atoms with Gasteiger partial charge in [-0.15, -0.1) is 11.3 Å². The van der Waals surface area contributed by atoms with Gasteiger partial charge in [0.1, 0.15) is 5.82 Å². The number of fused-ring (bicyclic) bond motifs is 1. The van der Waals surface area contributed by atoms with Crippen LogP contribution in [0.5, 0.6) is 0 Å². The fourth-order valence-electron chi connectivity index (χ4n) is 1.83. The van der Waals surface area contributed by atoms with Crippen LogP contribution in [0.1, 0.15) is 4.88 Å². The van der Waals surface area contributed by atoms with Gasteiger partial charge in [-0.3, -0.25) is 0 Å². The Morgan fingerprint density at radius 2 is 2.39 bits per heavy atom. The van der Waals surface area contributed by atoms with Crippen molar-refractivity contribution in [1.82, 2.24) is 14.4 Å². The van der Waals surface area contributed by atoms with Crippen molar-refractivity contribution < 1.29 is 0 Å². The van der Waals surface area contributed by atoms with E-state index < -0.39 is 0 Å². The van der Waals surface area contributed by atoms with Gasteiger partial charge < -0.3 is 15.5 Å². The van der Waals surface area contributed by atoms with E-state index >= 15 is 0 Å². The van der Waals surface area contributed by atoms with E-state index in [0.29, 0.717) is 5.82 Å². The average molecular weight is 259 g/mol. The second kappa shape index (κ2) is 4.66. The van der Waals surface area contributed by atoms with Crippen LogP contribution in [0.4, 0.5) is 11.6 Å². The quantitative estimate of drug-likeness (QED) is 0.752. The molecule has 0 unspecified atom stereocenters. The second-order valence-corrected chi connectivity index (χ2v) is 4.96. The van der Waals surface area contributed by atoms with E-state index in [0.717, 1.165) is 24.4 Å². The summed E-state index contributed by atoms with van der Waals surface area (Å²) in [5.74, 6) is 1.22. The van der Waals surface area contributed by atoms with Crippen molar-refractivity contribution in [2.45, 2.75) is 6.42 Å². The lowest BCUT2D eigenvalue weighted by atomic mass is 10.3. The number of hydrogen-bond donors (Lipinski definition) is 2. The van der Waals surface area contributed by atoms with E-state index in [2.05, 4.69) is 32.8 Å². The second-order valence-electron chi connectivity index (χ2n) is 3.93. The minimum absolute atomic E-state index is 0.485. The third-order valence-electron chi connectivity index (χ3n) is 2.64. The van der Waals surface area contributed by atoms with Gasteiger partial charge in [0.25, 0.3) is 0 Å². The normalized spacial score (nSPS) is 10.9. The molecule has 6 heteroatoms. The number of nitrogen functional groups attached to an aromatic ring is 1. The van der Waals surface area contributed by atoms with E-state index in [1.54, 1.807) is 23.7 Å². The molecule has 0 amide bonds. The van der Waals surface area contributed by atoms with Gasteiger partial charge in [0, 0.05) is 23.8 Å². The van der Waals surface area contributed by atoms with Gasteiger partial charge in [-0.25, -0.2) is 9.97 Å². The van der Waals surface area contributed by atoms with Crippen LogP contribution in [0.3, 0.4) is 0 Å². The third-order valence-corrected chi connectivity index (χ3v) is 3.57. The molecule has 3 heterocycles. The lowest BCUT2D eigenvalue weighted by Crippen LogP contribution is -2.08. The van der Waals surface area contributed by atoms with E-state index in [1.807, 2.05) is 10.6 Å². The van der Waals surface area contributed by atoms with Crippen molar-refractivity contribution in [3.05, 3.63) is 41.0 Å². The molecular formula is C12H13N5S. The van der Waals surface area contributed by atoms with Gasteiger partial charge in [0.15, 0.2) is 11.5 Å². The maximum Gasteiger partial charge on any atom is 0.180 e. The standard InChI is InChI=1S/C12H13N5S/c13-10-8-17-6-5-15-12(17)11(16-10)14-4-3-9-2-1-7-18-9/h1-2,5-8H,3-4,13H2,(H,14,16). The monoisotopic (exact) mass is 259 g/mol. The number of imidazole rings is 1. The Balaban J connectivity index is 1.75. The molecule has 0 saturated carbocycles. The number of nitrogens with zero attached hydrogens (tertiary/aromatic N) is 3. The molecule has 0 fully saturated rings. The summed E-state index contributed by atoms with van der Waals surface area (Å²) in [5, 5.41) is 5.37. The molecule has 0 spiro atoms. The molecule has 3 N–H and O–H groups in total. The largest absolute Gasteiger partial charge is 0.382 e. The Kier molecular flexibility index (Phi) is 2.85. The first kappa shape index (κ1) is 11.0. The van der Waals surface area contributed by atoms with Crippen LogP contribution < -0.4 is 11.1 Å². The van der Waals surface area contributed by atoms with E-state index in [1.165, 1.54) is 4.88 Å². The number of thiophene rings is 1. The van der Waals surface area contributed by atoms with Crippen LogP contribution in [0, 0.1) is 0 Å². The zero-order valence-corrected chi connectivity index (χ0v) is 10.5. The molecule has 5 nitrogen and oxygen atoms in total. The first-order valence-corrected chi connectivity index (χ1v) is 6.56. The molecule has 0 atom stereocenters. The molecular weight excluding hydrogens is 246 g/mol. The van der Waals surface area contributed by atoms with Crippen LogP contribution >= 0.6 is 11.3 Å². The minimum Gasteiger partial charge on any atom is -0.382 e. The molecule has 0 aliphatic carbocycles. The van der Waals surface area contributed by atoms with Gasteiger partial charge >= 0.3 is 0 Å². The zero-order chi connectivity index (χ0) is 12.4. The molecule has 92 valence electrons. The molecule has 3 aromatic rings. The topological polar surface area (TPSA) is 68.2 Å². The average Bonchev–Trinajstić information content (AvgIpc) is 2.98. The van der Waals surface area contributed by atoms with Crippen molar-refractivity contribution in [3.63, 3.8) is 0 Å². The first-order valence-electron chi connectivity index (χ1n) is 5.68. The van der Waals surface area contributed by atoms with Crippen LogP contribution in [0.2, 0.25) is 0 Å². The number of anilines is 2. The zero-order valence-electron chi connectivity index (χ0n) is 9.71. The fraction of sp³-hybridized carbons (Fsp3) is 0.167. The third kappa shape index (κ3) is 2.14. The van der Waals surface area contributed by atoms with Crippen LogP contribution in [0.25, 0.3) is 5.65 Å². The minimum atomic E-state index is 0.485. The molecule has 3 aromatic heterocycles. The SMILES string of the molecule is Nc1cn2ccnc2c(NCCc2cccs2)n1. The smallest absolute Gasteiger partial charge is 0.180 e. The van der Waals surface area contributed by atoms with Gasteiger partial charge in [-0.2, -0.15) is 0 Å². The van der Waals surface area contributed by atoms with Gasteiger partial charge in [0.2, 0.25) is 0 Å². The first-order chi connectivity index (χ1) is 8.83.